The van der Waals surface area contributed by atoms with Crippen LogP contribution < -0.4 is 20.3 Å². The second-order valence-corrected chi connectivity index (χ2v) is 14.5. The van der Waals surface area contributed by atoms with Crippen LogP contribution >= 0.6 is 11.6 Å². The highest BCUT2D eigenvalue weighted by atomic mass is 35.5. The van der Waals surface area contributed by atoms with Gasteiger partial charge in [0.15, 0.2) is 34.6 Å². The SMILES string of the molecule is C=C(C)c1c(C)nc2c(F)cc(-c3nc(Nc4cc([N+](=O)[O-])c(N(C)CCNC)cc4OCCc4nc5c(F)cc(-c6nc(Cl)ncc6F)cn5c4C(=C)C)ncc3F)cn12. The van der Waals surface area contributed by atoms with E-state index in [2.05, 4.69) is 53.7 Å². The van der Waals surface area contributed by atoms with E-state index in [0.717, 1.165) is 24.5 Å². The molecular weight excluding hydrogens is 820 g/mol. The third-order valence-electron chi connectivity index (χ3n) is 9.64. The summed E-state index contributed by atoms with van der Waals surface area (Å²) in [6.07, 6.45) is 4.81. The van der Waals surface area contributed by atoms with Gasteiger partial charge >= 0.3 is 0 Å². The van der Waals surface area contributed by atoms with E-state index in [1.165, 1.54) is 33.3 Å². The van der Waals surface area contributed by atoms with E-state index in [1.807, 2.05) is 0 Å². The molecule has 2 N–H and O–H groups in total. The number of nitrogens with one attached hydrogen (secondary N) is 2. The van der Waals surface area contributed by atoms with Crippen LogP contribution in [-0.4, -0.2) is 77.4 Å². The van der Waals surface area contributed by atoms with Crippen molar-refractivity contribution < 1.29 is 27.2 Å². The highest BCUT2D eigenvalue weighted by Crippen LogP contribution is 2.40. The van der Waals surface area contributed by atoms with E-state index >= 15 is 13.2 Å². The van der Waals surface area contributed by atoms with Crippen molar-refractivity contribution in [2.75, 3.05) is 44.0 Å². The van der Waals surface area contributed by atoms with Crippen molar-refractivity contribution in [3.05, 3.63) is 124 Å². The third-order valence-corrected chi connectivity index (χ3v) is 9.82. The zero-order valence-electron chi connectivity index (χ0n) is 33.4. The smallest absolute Gasteiger partial charge is 0.294 e. The van der Waals surface area contributed by atoms with Gasteiger partial charge in [-0.25, -0.2) is 47.5 Å². The Morgan fingerprint density at radius 1 is 0.885 bits per heavy atom. The molecule has 0 atom stereocenters. The first kappa shape index (κ1) is 42.1. The summed E-state index contributed by atoms with van der Waals surface area (Å²) in [5, 5.41) is 18.2. The lowest BCUT2D eigenvalue weighted by Crippen LogP contribution is -2.27. The zero-order valence-corrected chi connectivity index (χ0v) is 34.2. The molecule has 0 saturated carbocycles. The minimum atomic E-state index is -0.864. The van der Waals surface area contributed by atoms with Crippen LogP contribution in [0.4, 0.5) is 40.6 Å². The molecule has 1 aromatic carbocycles. The quantitative estimate of drug-likeness (QED) is 0.0438. The van der Waals surface area contributed by atoms with Crippen molar-refractivity contribution >= 4 is 57.1 Å². The first-order valence-corrected chi connectivity index (χ1v) is 18.9. The Balaban J connectivity index is 1.26. The summed E-state index contributed by atoms with van der Waals surface area (Å²) in [5.74, 6) is -3.24. The first-order valence-electron chi connectivity index (χ1n) is 18.6. The zero-order chi connectivity index (χ0) is 43.9. The molecule has 61 heavy (non-hydrogen) atoms. The predicted octanol–water partition coefficient (Wildman–Crippen LogP) is 8.41. The van der Waals surface area contributed by atoms with Crippen molar-refractivity contribution in [1.29, 1.82) is 0 Å². The second kappa shape index (κ2) is 16.9. The Bertz CT molecular complexity index is 2920. The molecule has 7 rings (SSSR count). The molecule has 0 bridgehead atoms. The number of nitrogens with zero attached hydrogens (tertiary/aromatic N) is 10. The molecule has 0 aliphatic carbocycles. The molecule has 0 fully saturated rings. The number of aromatic nitrogens is 8. The molecule has 6 heterocycles. The Morgan fingerprint density at radius 2 is 1.49 bits per heavy atom. The Morgan fingerprint density at radius 3 is 2.11 bits per heavy atom. The number of imidazole rings is 2. The number of benzene rings is 1. The Hall–Kier alpha value is -6.99. The van der Waals surface area contributed by atoms with Gasteiger partial charge in [-0.15, -0.1) is 0 Å². The molecule has 20 heteroatoms. The standard InChI is InChI=1S/C41H37ClF4N12O3/c1-20(2)36-22(5)50-38-25(43)13-24(18-56(36)38)35-28(46)17-49-41(54-35)52-30-14-32(58(59)60)31(55(7)10-9-47-6)15-33(30)61-11-8-29-37(21(3)4)57-19-23(12-26(44)39(57)51-29)34-27(45)16-48-40(42)53-34/h12-19,47H,1,3,8-11H2,2,4-7H3,(H,49,52,54). The van der Waals surface area contributed by atoms with Crippen molar-refractivity contribution in [2.24, 2.45) is 0 Å². The number of nitro groups is 1. The van der Waals surface area contributed by atoms with Crippen LogP contribution in [0.3, 0.4) is 0 Å². The molecule has 0 aliphatic rings. The van der Waals surface area contributed by atoms with E-state index in [-0.39, 0.29) is 80.9 Å². The number of nitro benzene ring substituents is 1. The summed E-state index contributed by atoms with van der Waals surface area (Å²) in [6.45, 7) is 14.0. The molecule has 0 unspecified atom stereocenters. The third kappa shape index (κ3) is 8.29. The largest absolute Gasteiger partial charge is 0.491 e. The first-order chi connectivity index (χ1) is 29.1. The molecule has 15 nitrogen and oxygen atoms in total. The van der Waals surface area contributed by atoms with Gasteiger partial charge in [0.25, 0.3) is 5.69 Å². The number of hydrogen-bond acceptors (Lipinski definition) is 12. The van der Waals surface area contributed by atoms with E-state index in [9.17, 15) is 14.5 Å². The number of allylic oxidation sites excluding steroid dienone is 2. The fourth-order valence-electron chi connectivity index (χ4n) is 6.95. The van der Waals surface area contributed by atoms with E-state index in [4.69, 9.17) is 16.3 Å². The van der Waals surface area contributed by atoms with E-state index in [1.54, 1.807) is 39.8 Å². The van der Waals surface area contributed by atoms with E-state index in [0.29, 0.717) is 47.0 Å². The summed E-state index contributed by atoms with van der Waals surface area (Å²) in [5.41, 5.74) is 2.61. The van der Waals surface area contributed by atoms with Gasteiger partial charge in [0, 0.05) is 62.2 Å². The number of pyridine rings is 2. The van der Waals surface area contributed by atoms with Crippen LogP contribution in [0.25, 0.3) is 45.0 Å². The van der Waals surface area contributed by atoms with Crippen molar-refractivity contribution in [2.45, 2.75) is 27.2 Å². The van der Waals surface area contributed by atoms with Gasteiger partial charge in [-0.05, 0) is 62.7 Å². The highest BCUT2D eigenvalue weighted by Gasteiger charge is 2.25. The van der Waals surface area contributed by atoms with Gasteiger partial charge in [0.2, 0.25) is 11.2 Å². The fourth-order valence-corrected chi connectivity index (χ4v) is 7.08. The number of anilines is 3. The summed E-state index contributed by atoms with van der Waals surface area (Å²) >= 11 is 5.91. The second-order valence-electron chi connectivity index (χ2n) is 14.1. The van der Waals surface area contributed by atoms with Crippen LogP contribution in [0.1, 0.15) is 36.6 Å². The van der Waals surface area contributed by atoms with Crippen LogP contribution in [-0.2, 0) is 6.42 Å². The lowest BCUT2D eigenvalue weighted by Gasteiger charge is -2.21. The number of aryl methyl sites for hydroxylation is 1. The van der Waals surface area contributed by atoms with E-state index < -0.39 is 28.2 Å². The van der Waals surface area contributed by atoms with Gasteiger partial charge in [-0.3, -0.25) is 18.9 Å². The van der Waals surface area contributed by atoms with Gasteiger partial charge in [0.05, 0.1) is 52.4 Å². The summed E-state index contributed by atoms with van der Waals surface area (Å²) in [6, 6.07) is 4.90. The lowest BCUT2D eigenvalue weighted by molar-refractivity contribution is -0.384. The number of rotatable bonds is 15. The number of halogens is 5. The summed E-state index contributed by atoms with van der Waals surface area (Å²) in [4.78, 5) is 38.4. The Labute approximate surface area is 350 Å². The molecule has 7 aromatic rings. The normalized spacial score (nSPS) is 11.4. The van der Waals surface area contributed by atoms with Crippen molar-refractivity contribution in [1.82, 2.24) is 44.0 Å². The number of ether oxygens (including phenoxy) is 1. The van der Waals surface area contributed by atoms with Gasteiger partial charge in [-0.2, -0.15) is 0 Å². The molecule has 0 aliphatic heterocycles. The van der Waals surface area contributed by atoms with Crippen LogP contribution in [0.15, 0.2) is 62.2 Å². The van der Waals surface area contributed by atoms with Gasteiger partial charge in [-0.1, -0.05) is 13.2 Å². The maximum absolute atomic E-state index is 15.6. The van der Waals surface area contributed by atoms with Crippen LogP contribution in [0, 0.1) is 40.3 Å². The lowest BCUT2D eigenvalue weighted by atomic mass is 10.1. The number of likely N-dealkylation sites (N-methyl/N-ethyl adjacent to an activating group) is 2. The number of hydrogen-bond donors (Lipinski definition) is 2. The molecule has 314 valence electrons. The van der Waals surface area contributed by atoms with Crippen LogP contribution in [0.5, 0.6) is 5.75 Å². The maximum atomic E-state index is 15.6. The summed E-state index contributed by atoms with van der Waals surface area (Å²) < 4.78 is 70.3. The monoisotopic (exact) mass is 856 g/mol. The van der Waals surface area contributed by atoms with Gasteiger partial charge < -0.3 is 20.3 Å². The predicted molar refractivity (Wildman–Crippen MR) is 224 cm³/mol. The molecule has 0 amide bonds. The molecule has 0 radical (unpaired) electrons. The summed E-state index contributed by atoms with van der Waals surface area (Å²) in [7, 11) is 3.43. The minimum Gasteiger partial charge on any atom is -0.491 e. The fraction of sp³-hybridized carbons (Fsp3) is 0.220. The van der Waals surface area contributed by atoms with Crippen LogP contribution in [0.2, 0.25) is 5.28 Å². The minimum absolute atomic E-state index is 0.0258. The van der Waals surface area contributed by atoms with Crippen molar-refractivity contribution in [3.8, 4) is 28.3 Å². The topological polar surface area (TPSA) is 166 Å². The molecular formula is C41H37ClF4N12O3. The average molecular weight is 857 g/mol. The highest BCUT2D eigenvalue weighted by molar-refractivity contribution is 6.28. The average Bonchev–Trinajstić information content (AvgIpc) is 3.76. The molecule has 0 spiro atoms. The molecule has 0 saturated heterocycles. The molecule has 6 aromatic heterocycles. The Kier molecular flexibility index (Phi) is 11.7. The van der Waals surface area contributed by atoms with Gasteiger partial charge in [0.1, 0.15) is 22.8 Å². The van der Waals surface area contributed by atoms with Crippen molar-refractivity contribution in [3.63, 3.8) is 0 Å². The number of fused-ring (bicyclic) bond motifs is 2. The maximum Gasteiger partial charge on any atom is 0.294 e.